The molecule has 0 radical (unpaired) electrons. The van der Waals surface area contributed by atoms with Gasteiger partial charge in [-0.15, -0.1) is 0 Å². The Morgan fingerprint density at radius 2 is 1.57 bits per heavy atom. The predicted molar refractivity (Wildman–Crippen MR) is 177 cm³/mol. The van der Waals surface area contributed by atoms with E-state index in [-0.39, 0.29) is 11.6 Å². The topological polar surface area (TPSA) is 57.5 Å². The van der Waals surface area contributed by atoms with Crippen LogP contribution in [0.25, 0.3) is 5.57 Å². The zero-order valence-corrected chi connectivity index (χ0v) is 26.9. The van der Waals surface area contributed by atoms with Crippen LogP contribution in [0.3, 0.4) is 0 Å². The first-order chi connectivity index (χ1) is 19.2. The quantitative estimate of drug-likeness (QED) is 0.203. The highest BCUT2D eigenvalue weighted by molar-refractivity contribution is 5.94. The maximum absolute atomic E-state index is 13.8. The molecule has 0 saturated heterocycles. The molecule has 1 heterocycles. The first kappa shape index (κ1) is 38.9. The van der Waals surface area contributed by atoms with Gasteiger partial charge in [0.1, 0.15) is 5.75 Å². The fourth-order valence-electron chi connectivity index (χ4n) is 3.59. The molecule has 0 amide bonds. The average molecular weight is 554 g/mol. The Labute approximate surface area is 245 Å². The number of anilines is 2. The minimum absolute atomic E-state index is 0.0689. The summed E-state index contributed by atoms with van der Waals surface area (Å²) in [5, 5.41) is 12.2. The largest absolute Gasteiger partial charge is 0.506 e. The van der Waals surface area contributed by atoms with Crippen LogP contribution in [0.4, 0.5) is 15.9 Å². The predicted octanol–water partition coefficient (Wildman–Crippen LogP) is 11.7. The van der Waals surface area contributed by atoms with Crippen LogP contribution in [0.5, 0.6) is 5.75 Å². The summed E-state index contributed by atoms with van der Waals surface area (Å²) in [7, 11) is 0. The van der Waals surface area contributed by atoms with Gasteiger partial charge in [0, 0.05) is 23.7 Å². The second-order valence-corrected chi connectivity index (χ2v) is 9.26. The van der Waals surface area contributed by atoms with Crippen LogP contribution in [0.15, 0.2) is 72.0 Å². The highest BCUT2D eigenvalue weighted by atomic mass is 19.1. The maximum atomic E-state index is 13.8. The van der Waals surface area contributed by atoms with Gasteiger partial charge in [-0.1, -0.05) is 118 Å². The summed E-state index contributed by atoms with van der Waals surface area (Å²) in [6.45, 7) is 24.7. The van der Waals surface area contributed by atoms with E-state index in [2.05, 4.69) is 49.6 Å². The van der Waals surface area contributed by atoms with Gasteiger partial charge >= 0.3 is 0 Å². The summed E-state index contributed by atoms with van der Waals surface area (Å²) in [4.78, 5) is 8.39. The van der Waals surface area contributed by atoms with Crippen molar-refractivity contribution in [2.75, 3.05) is 5.32 Å². The standard InChI is InChI=1S/C23H26FN3O.C8H18.2C2H6/c1-5-6-19(14-25-17(4)8-7-16(2)3)18-9-11-20(12-10-18)27-23-22(24)13-21(28)15-26-23;1-4-6-8(3)7-5-2;2*1-2/h7-15,28H,2,5-6H2,1,3-4H3,(H,26,27);8H,4-7H2,1-3H3;2*1-2H3/b8-7-,19-14+,25-17-;;;. The first-order valence-corrected chi connectivity index (χ1v) is 15.0. The monoisotopic (exact) mass is 553 g/mol. The fraction of sp³-hybridized carbons (Fsp3) is 0.486. The van der Waals surface area contributed by atoms with Crippen molar-refractivity contribution in [3.63, 3.8) is 0 Å². The molecule has 224 valence electrons. The summed E-state index contributed by atoms with van der Waals surface area (Å²) in [6, 6.07) is 8.69. The van der Waals surface area contributed by atoms with E-state index < -0.39 is 5.82 Å². The maximum Gasteiger partial charge on any atom is 0.169 e. The second-order valence-electron chi connectivity index (χ2n) is 9.26. The molecule has 4 nitrogen and oxygen atoms in total. The Kier molecular flexibility index (Phi) is 24.1. The SMILES string of the molecule is C=C(C)\C=C/C(C)=N\C=C(/CCC)c1ccc(Nc2ncc(O)cc2F)cc1.CC.CC.CCCC(C)CCC. The highest BCUT2D eigenvalue weighted by Crippen LogP contribution is 2.25. The summed E-state index contributed by atoms with van der Waals surface area (Å²) < 4.78 is 13.8. The number of rotatable bonds is 12. The number of nitrogens with zero attached hydrogens (tertiary/aromatic N) is 2. The number of halogens is 1. The van der Waals surface area contributed by atoms with Crippen molar-refractivity contribution in [1.82, 2.24) is 4.98 Å². The lowest BCUT2D eigenvalue weighted by atomic mass is 10.0. The van der Waals surface area contributed by atoms with Crippen molar-refractivity contribution in [3.8, 4) is 5.75 Å². The minimum Gasteiger partial charge on any atom is -0.506 e. The molecular formula is C35H56FN3O. The number of aromatic hydroxyl groups is 1. The average Bonchev–Trinajstić information content (AvgIpc) is 2.95. The Balaban J connectivity index is 0. The normalized spacial score (nSPS) is 11.1. The smallest absolute Gasteiger partial charge is 0.169 e. The Morgan fingerprint density at radius 1 is 1.00 bits per heavy atom. The van der Waals surface area contributed by atoms with E-state index in [0.29, 0.717) is 5.69 Å². The zero-order chi connectivity index (χ0) is 30.9. The molecule has 40 heavy (non-hydrogen) atoms. The molecule has 0 atom stereocenters. The van der Waals surface area contributed by atoms with Crippen molar-refractivity contribution in [2.24, 2.45) is 10.9 Å². The Morgan fingerprint density at radius 3 is 2.05 bits per heavy atom. The number of hydrogen-bond acceptors (Lipinski definition) is 4. The number of aliphatic imine (C=N–C) groups is 1. The van der Waals surface area contributed by atoms with E-state index >= 15 is 0 Å². The van der Waals surface area contributed by atoms with Gasteiger partial charge in [-0.25, -0.2) is 9.37 Å². The van der Waals surface area contributed by atoms with Gasteiger partial charge in [0.05, 0.1) is 6.20 Å². The van der Waals surface area contributed by atoms with Crippen LogP contribution < -0.4 is 5.32 Å². The van der Waals surface area contributed by atoms with E-state index in [1.807, 2.05) is 84.2 Å². The van der Waals surface area contributed by atoms with Gasteiger partial charge in [0.25, 0.3) is 0 Å². The molecule has 2 rings (SSSR count). The van der Waals surface area contributed by atoms with E-state index in [4.69, 9.17) is 0 Å². The zero-order valence-electron chi connectivity index (χ0n) is 26.9. The van der Waals surface area contributed by atoms with Crippen LogP contribution in [0, 0.1) is 11.7 Å². The lowest BCUT2D eigenvalue weighted by Gasteiger charge is -2.09. The van der Waals surface area contributed by atoms with Gasteiger partial charge in [-0.05, 0) is 55.5 Å². The molecular weight excluding hydrogens is 497 g/mol. The molecule has 0 aliphatic rings. The van der Waals surface area contributed by atoms with E-state index in [1.165, 1.54) is 31.9 Å². The van der Waals surface area contributed by atoms with Crippen LogP contribution in [0.1, 0.15) is 113 Å². The van der Waals surface area contributed by atoms with E-state index in [9.17, 15) is 9.50 Å². The Bertz CT molecular complexity index is 1020. The summed E-state index contributed by atoms with van der Waals surface area (Å²) in [5.74, 6) is 0.217. The fourth-order valence-corrected chi connectivity index (χ4v) is 3.59. The minimum atomic E-state index is -0.608. The molecule has 0 spiro atoms. The van der Waals surface area contributed by atoms with Crippen LogP contribution in [-0.4, -0.2) is 15.8 Å². The lowest BCUT2D eigenvalue weighted by molar-refractivity contribution is 0.466. The molecule has 0 aliphatic heterocycles. The molecule has 0 fully saturated rings. The molecule has 0 unspecified atom stereocenters. The van der Waals surface area contributed by atoms with Gasteiger partial charge in [-0.3, -0.25) is 4.99 Å². The third kappa shape index (κ3) is 18.1. The van der Waals surface area contributed by atoms with Gasteiger partial charge in [0.2, 0.25) is 0 Å². The molecule has 0 aliphatic carbocycles. The molecule has 2 N–H and O–H groups in total. The van der Waals surface area contributed by atoms with Crippen molar-refractivity contribution < 1.29 is 9.50 Å². The van der Waals surface area contributed by atoms with Crippen LogP contribution in [0.2, 0.25) is 0 Å². The number of pyridine rings is 1. The number of nitrogens with one attached hydrogen (secondary N) is 1. The van der Waals surface area contributed by atoms with Gasteiger partial charge < -0.3 is 10.4 Å². The molecule has 0 saturated carbocycles. The number of allylic oxidation sites excluding steroid dienone is 4. The Hall–Kier alpha value is -3.21. The van der Waals surface area contributed by atoms with Gasteiger partial charge in [0.15, 0.2) is 11.6 Å². The van der Waals surface area contributed by atoms with Crippen molar-refractivity contribution in [2.45, 2.75) is 108 Å². The molecule has 0 bridgehead atoms. The summed E-state index contributed by atoms with van der Waals surface area (Å²) >= 11 is 0. The van der Waals surface area contributed by atoms with E-state index in [0.717, 1.165) is 47.2 Å². The highest BCUT2D eigenvalue weighted by Gasteiger charge is 2.06. The van der Waals surface area contributed by atoms with Crippen LogP contribution >= 0.6 is 0 Å². The van der Waals surface area contributed by atoms with Crippen LogP contribution in [-0.2, 0) is 0 Å². The van der Waals surface area contributed by atoms with E-state index in [1.54, 1.807) is 0 Å². The van der Waals surface area contributed by atoms with Crippen molar-refractivity contribution >= 4 is 22.8 Å². The van der Waals surface area contributed by atoms with Gasteiger partial charge in [-0.2, -0.15) is 0 Å². The third-order valence-electron chi connectivity index (χ3n) is 5.46. The number of aromatic nitrogens is 1. The third-order valence-corrected chi connectivity index (χ3v) is 5.46. The second kappa shape index (κ2) is 24.8. The van der Waals surface area contributed by atoms with Crippen molar-refractivity contribution in [3.05, 3.63) is 78.4 Å². The molecule has 2 aromatic rings. The summed E-state index contributed by atoms with van der Waals surface area (Å²) in [5.41, 5.74) is 4.79. The molecule has 1 aromatic carbocycles. The molecule has 1 aromatic heterocycles. The first-order valence-electron chi connectivity index (χ1n) is 15.0. The lowest BCUT2D eigenvalue weighted by Crippen LogP contribution is -1.97. The molecule has 5 heteroatoms. The number of hydrogen-bond donors (Lipinski definition) is 2. The summed E-state index contributed by atoms with van der Waals surface area (Å²) in [6.07, 6.45) is 14.4. The number of benzene rings is 1. The van der Waals surface area contributed by atoms with Crippen molar-refractivity contribution in [1.29, 1.82) is 0 Å².